The fourth-order valence-electron chi connectivity index (χ4n) is 1.94. The van der Waals surface area contributed by atoms with Crippen LogP contribution < -0.4 is 16.0 Å². The molecule has 0 saturated heterocycles. The molecule has 0 spiro atoms. The number of anilines is 1. The van der Waals surface area contributed by atoms with E-state index in [4.69, 9.17) is 23.2 Å². The lowest BCUT2D eigenvalue weighted by Crippen LogP contribution is -2.40. The fraction of sp³-hybridized carbons (Fsp3) is 0.118. The van der Waals surface area contributed by atoms with Gasteiger partial charge in [-0.2, -0.15) is 0 Å². The number of amides is 3. The van der Waals surface area contributed by atoms with Crippen LogP contribution in [0.2, 0.25) is 10.0 Å². The number of rotatable bonds is 6. The number of para-hydroxylation sites is 2. The molecule has 2 aromatic rings. The van der Waals surface area contributed by atoms with Crippen molar-refractivity contribution in [2.45, 2.75) is 0 Å². The van der Waals surface area contributed by atoms with E-state index in [0.29, 0.717) is 5.02 Å². The number of nitrogens with one attached hydrogen (secondary N) is 3. The minimum atomic E-state index is -0.559. The molecule has 0 fully saturated rings. The van der Waals surface area contributed by atoms with E-state index in [1.165, 1.54) is 30.3 Å². The summed E-state index contributed by atoms with van der Waals surface area (Å²) in [5.74, 6) is -1.71. The molecule has 0 aliphatic rings. The molecule has 0 bridgehead atoms. The zero-order valence-electron chi connectivity index (χ0n) is 13.4. The van der Waals surface area contributed by atoms with E-state index in [1.807, 2.05) is 0 Å². The Morgan fingerprint density at radius 3 is 2.31 bits per heavy atom. The first kappa shape index (κ1) is 19.6. The van der Waals surface area contributed by atoms with Crippen LogP contribution in [-0.2, 0) is 9.59 Å². The normalized spacial score (nSPS) is 10.1. The van der Waals surface area contributed by atoms with Crippen molar-refractivity contribution < 1.29 is 19.5 Å². The van der Waals surface area contributed by atoms with E-state index in [2.05, 4.69) is 16.0 Å². The highest BCUT2D eigenvalue weighted by Gasteiger charge is 2.13. The summed E-state index contributed by atoms with van der Waals surface area (Å²) < 4.78 is 0. The average Bonchev–Trinajstić information content (AvgIpc) is 2.60. The quantitative estimate of drug-likeness (QED) is 0.562. The summed E-state index contributed by atoms with van der Waals surface area (Å²) in [6, 6.07) is 10.6. The maximum Gasteiger partial charge on any atom is 0.253 e. The van der Waals surface area contributed by atoms with Gasteiger partial charge in [0.05, 0.1) is 29.4 Å². The van der Waals surface area contributed by atoms with Crippen molar-refractivity contribution in [2.75, 3.05) is 18.4 Å². The van der Waals surface area contributed by atoms with Gasteiger partial charge in [-0.15, -0.1) is 0 Å². The third-order valence-electron chi connectivity index (χ3n) is 3.21. The van der Waals surface area contributed by atoms with Crippen LogP contribution in [0.4, 0.5) is 5.69 Å². The Hall–Kier alpha value is -2.77. The molecule has 7 nitrogen and oxygen atoms in total. The van der Waals surface area contributed by atoms with Gasteiger partial charge in [-0.3, -0.25) is 14.4 Å². The second-order valence-electron chi connectivity index (χ2n) is 5.15. The number of phenolic OH excluding ortho intramolecular Hbond substituents is 1. The summed E-state index contributed by atoms with van der Waals surface area (Å²) in [4.78, 5) is 35.5. The first-order valence-corrected chi connectivity index (χ1v) is 8.20. The minimum absolute atomic E-state index is 0.0840. The molecule has 0 radical (unpaired) electrons. The number of carbonyl (C=O) groups is 3. The molecule has 9 heteroatoms. The van der Waals surface area contributed by atoms with E-state index < -0.39 is 17.7 Å². The molecule has 0 unspecified atom stereocenters. The predicted molar refractivity (Wildman–Crippen MR) is 98.5 cm³/mol. The van der Waals surface area contributed by atoms with Crippen LogP contribution >= 0.6 is 23.2 Å². The second-order valence-corrected chi connectivity index (χ2v) is 5.99. The van der Waals surface area contributed by atoms with Gasteiger partial charge in [-0.1, -0.05) is 35.3 Å². The van der Waals surface area contributed by atoms with Crippen LogP contribution in [0, 0.1) is 0 Å². The van der Waals surface area contributed by atoms with E-state index >= 15 is 0 Å². The Labute approximate surface area is 159 Å². The number of aromatic hydroxyl groups is 1. The topological polar surface area (TPSA) is 108 Å². The number of benzene rings is 2. The monoisotopic (exact) mass is 395 g/mol. The summed E-state index contributed by atoms with van der Waals surface area (Å²) in [5.41, 5.74) is 0.415. The SMILES string of the molecule is O=C(CNC(=O)c1ccc(Cl)cc1Cl)NCC(=O)Nc1ccccc1O. The van der Waals surface area contributed by atoms with Gasteiger partial charge in [-0.25, -0.2) is 0 Å². The van der Waals surface area contributed by atoms with Crippen LogP contribution in [0.25, 0.3) is 0 Å². The maximum absolute atomic E-state index is 12.0. The van der Waals surface area contributed by atoms with Gasteiger partial charge < -0.3 is 21.1 Å². The molecule has 2 rings (SSSR count). The van der Waals surface area contributed by atoms with Crippen LogP contribution in [0.3, 0.4) is 0 Å². The Morgan fingerprint density at radius 1 is 0.923 bits per heavy atom. The first-order valence-electron chi connectivity index (χ1n) is 7.44. The molecule has 3 amide bonds. The molecule has 0 heterocycles. The van der Waals surface area contributed by atoms with Crippen LogP contribution in [0.15, 0.2) is 42.5 Å². The van der Waals surface area contributed by atoms with Crippen molar-refractivity contribution in [1.82, 2.24) is 10.6 Å². The Morgan fingerprint density at radius 2 is 1.62 bits per heavy atom. The molecular formula is C17H15Cl2N3O4. The van der Waals surface area contributed by atoms with Crippen LogP contribution in [0.5, 0.6) is 5.75 Å². The zero-order chi connectivity index (χ0) is 19.1. The highest BCUT2D eigenvalue weighted by atomic mass is 35.5. The van der Waals surface area contributed by atoms with Gasteiger partial charge in [-0.05, 0) is 30.3 Å². The summed E-state index contributed by atoms with van der Waals surface area (Å²) in [6.07, 6.45) is 0. The van der Waals surface area contributed by atoms with Gasteiger partial charge in [0.25, 0.3) is 5.91 Å². The molecule has 0 saturated carbocycles. The molecule has 4 N–H and O–H groups in total. The third-order valence-corrected chi connectivity index (χ3v) is 3.76. The van der Waals surface area contributed by atoms with Gasteiger partial charge in [0.1, 0.15) is 5.75 Å². The highest BCUT2D eigenvalue weighted by molar-refractivity contribution is 6.36. The van der Waals surface area contributed by atoms with Crippen LogP contribution in [-0.4, -0.2) is 35.9 Å². The minimum Gasteiger partial charge on any atom is -0.506 e. The van der Waals surface area contributed by atoms with E-state index in [0.717, 1.165) is 0 Å². The summed E-state index contributed by atoms with van der Waals surface area (Å²) in [6.45, 7) is -0.646. The van der Waals surface area contributed by atoms with Crippen LogP contribution in [0.1, 0.15) is 10.4 Å². The molecule has 26 heavy (non-hydrogen) atoms. The Balaban J connectivity index is 1.77. The molecule has 2 aromatic carbocycles. The van der Waals surface area contributed by atoms with Crippen molar-refractivity contribution in [1.29, 1.82) is 0 Å². The molecule has 0 aromatic heterocycles. The Kier molecular flexibility index (Phi) is 6.82. The summed E-state index contributed by atoms with van der Waals surface area (Å²) in [5, 5.41) is 17.3. The van der Waals surface area contributed by atoms with Crippen molar-refractivity contribution in [3.63, 3.8) is 0 Å². The van der Waals surface area contributed by atoms with E-state index in [1.54, 1.807) is 12.1 Å². The summed E-state index contributed by atoms with van der Waals surface area (Å²) in [7, 11) is 0. The third kappa shape index (κ3) is 5.65. The first-order chi connectivity index (χ1) is 12.4. The lowest BCUT2D eigenvalue weighted by atomic mass is 10.2. The van der Waals surface area contributed by atoms with Gasteiger partial charge in [0, 0.05) is 5.02 Å². The maximum atomic E-state index is 12.0. The lowest BCUT2D eigenvalue weighted by molar-refractivity contribution is -0.123. The number of phenols is 1. The van der Waals surface area contributed by atoms with Gasteiger partial charge >= 0.3 is 0 Å². The van der Waals surface area contributed by atoms with Crippen molar-refractivity contribution in [3.05, 3.63) is 58.1 Å². The summed E-state index contributed by atoms with van der Waals surface area (Å²) >= 11 is 11.7. The number of hydrogen-bond donors (Lipinski definition) is 4. The van der Waals surface area contributed by atoms with Crippen molar-refractivity contribution in [2.24, 2.45) is 0 Å². The molecule has 0 atom stereocenters. The molecular weight excluding hydrogens is 381 g/mol. The van der Waals surface area contributed by atoms with E-state index in [-0.39, 0.29) is 35.1 Å². The molecule has 136 valence electrons. The standard InChI is InChI=1S/C17H15Cl2N3O4/c18-10-5-6-11(12(19)7-10)17(26)21-8-15(24)20-9-16(25)22-13-3-1-2-4-14(13)23/h1-7,23H,8-9H2,(H,20,24)(H,21,26)(H,22,25). The largest absolute Gasteiger partial charge is 0.506 e. The molecule has 0 aliphatic heterocycles. The number of halogens is 2. The zero-order valence-corrected chi connectivity index (χ0v) is 14.9. The second kappa shape index (κ2) is 9.07. The van der Waals surface area contributed by atoms with Gasteiger partial charge in [0.15, 0.2) is 0 Å². The number of hydrogen-bond acceptors (Lipinski definition) is 4. The van der Waals surface area contributed by atoms with Crippen molar-refractivity contribution in [3.8, 4) is 5.75 Å². The predicted octanol–water partition coefficient (Wildman–Crippen LogP) is 2.18. The lowest BCUT2D eigenvalue weighted by Gasteiger charge is -2.09. The molecule has 0 aliphatic carbocycles. The van der Waals surface area contributed by atoms with E-state index in [9.17, 15) is 19.5 Å². The average molecular weight is 396 g/mol. The van der Waals surface area contributed by atoms with Crippen molar-refractivity contribution >= 4 is 46.6 Å². The fourth-order valence-corrected chi connectivity index (χ4v) is 2.44. The smallest absolute Gasteiger partial charge is 0.253 e. The Bertz CT molecular complexity index is 843. The van der Waals surface area contributed by atoms with Gasteiger partial charge in [0.2, 0.25) is 11.8 Å². The highest BCUT2D eigenvalue weighted by Crippen LogP contribution is 2.21. The number of carbonyl (C=O) groups excluding carboxylic acids is 3.